The normalized spacial score (nSPS) is 10.4. The van der Waals surface area contributed by atoms with Crippen LogP contribution in [-0.2, 0) is 0 Å². The molecule has 0 aliphatic carbocycles. The lowest BCUT2D eigenvalue weighted by molar-refractivity contribution is 0.103. The topological polar surface area (TPSA) is 26.3 Å². The highest BCUT2D eigenvalue weighted by Crippen LogP contribution is 2.29. The van der Waals surface area contributed by atoms with Crippen molar-refractivity contribution in [2.24, 2.45) is 0 Å². The first kappa shape index (κ1) is 13.5. The third-order valence-electron chi connectivity index (χ3n) is 2.96. The quantitative estimate of drug-likeness (QED) is 0.596. The molecule has 2 aromatic rings. The average molecular weight is 372 g/mol. The van der Waals surface area contributed by atoms with Crippen molar-refractivity contribution in [1.82, 2.24) is 0 Å². The van der Waals surface area contributed by atoms with Crippen molar-refractivity contribution in [1.29, 1.82) is 0 Å². The highest BCUT2D eigenvalue weighted by Gasteiger charge is 2.18. The van der Waals surface area contributed by atoms with E-state index in [1.807, 2.05) is 37.4 Å². The molecular formula is C14H13IO2S. The summed E-state index contributed by atoms with van der Waals surface area (Å²) in [5.41, 5.74) is 3.51. The van der Waals surface area contributed by atoms with Crippen LogP contribution in [0.5, 0.6) is 5.75 Å². The van der Waals surface area contributed by atoms with Crippen LogP contribution in [0.4, 0.5) is 0 Å². The molecule has 0 fully saturated rings. The van der Waals surface area contributed by atoms with Gasteiger partial charge in [-0.15, -0.1) is 11.3 Å². The maximum absolute atomic E-state index is 12.4. The highest BCUT2D eigenvalue weighted by molar-refractivity contribution is 14.1. The van der Waals surface area contributed by atoms with E-state index < -0.39 is 0 Å². The molecule has 0 saturated heterocycles. The Hall–Kier alpha value is -0.880. The molecule has 0 N–H and O–H groups in total. The molecule has 18 heavy (non-hydrogen) atoms. The fourth-order valence-corrected chi connectivity index (χ4v) is 3.14. The summed E-state index contributed by atoms with van der Waals surface area (Å²) in [5.74, 6) is 0.704. The predicted molar refractivity (Wildman–Crippen MR) is 82.9 cm³/mol. The number of thiophene rings is 1. The molecular weight excluding hydrogens is 359 g/mol. The van der Waals surface area contributed by atoms with Crippen LogP contribution in [0.2, 0.25) is 0 Å². The zero-order chi connectivity index (χ0) is 13.3. The van der Waals surface area contributed by atoms with Crippen molar-refractivity contribution in [3.8, 4) is 5.75 Å². The Kier molecular flexibility index (Phi) is 4.07. The van der Waals surface area contributed by atoms with Crippen LogP contribution in [0, 0.1) is 16.7 Å². The number of aryl methyl sites for hydroxylation is 1. The highest BCUT2D eigenvalue weighted by atomic mass is 127. The third-order valence-corrected chi connectivity index (χ3v) is 4.74. The van der Waals surface area contributed by atoms with E-state index in [-0.39, 0.29) is 5.78 Å². The second kappa shape index (κ2) is 5.40. The van der Waals surface area contributed by atoms with Gasteiger partial charge in [-0.2, -0.15) is 0 Å². The number of ether oxygens (including phenoxy) is 1. The van der Waals surface area contributed by atoms with Gasteiger partial charge in [0.25, 0.3) is 0 Å². The SMILES string of the molecule is COc1c(C(=O)c2csc(I)c2)ccc(C)c1C. The molecule has 0 atom stereocenters. The van der Waals surface area contributed by atoms with E-state index in [2.05, 4.69) is 22.6 Å². The van der Waals surface area contributed by atoms with Crippen molar-refractivity contribution >= 4 is 39.7 Å². The van der Waals surface area contributed by atoms with E-state index in [0.717, 1.165) is 19.6 Å². The molecule has 0 amide bonds. The molecule has 1 aromatic heterocycles. The minimum absolute atomic E-state index is 0.0223. The lowest BCUT2D eigenvalue weighted by Gasteiger charge is -2.12. The van der Waals surface area contributed by atoms with E-state index in [0.29, 0.717) is 11.3 Å². The van der Waals surface area contributed by atoms with Gasteiger partial charge in [-0.1, -0.05) is 6.07 Å². The standard InChI is InChI=1S/C14H13IO2S/c1-8-4-5-11(14(17-3)9(8)2)13(16)10-6-12(15)18-7-10/h4-7H,1-3H3. The monoisotopic (exact) mass is 372 g/mol. The molecule has 2 nitrogen and oxygen atoms in total. The summed E-state index contributed by atoms with van der Waals surface area (Å²) in [7, 11) is 1.61. The first-order valence-corrected chi connectivity index (χ1v) is 7.43. The van der Waals surface area contributed by atoms with Crippen LogP contribution in [0.25, 0.3) is 0 Å². The Labute approximate surface area is 124 Å². The van der Waals surface area contributed by atoms with Gasteiger partial charge in [0.2, 0.25) is 0 Å². The Morgan fingerprint density at radius 2 is 2.06 bits per heavy atom. The first-order valence-electron chi connectivity index (χ1n) is 5.47. The number of carbonyl (C=O) groups is 1. The van der Waals surface area contributed by atoms with E-state index >= 15 is 0 Å². The summed E-state index contributed by atoms with van der Waals surface area (Å²) in [5, 5.41) is 1.89. The van der Waals surface area contributed by atoms with Gasteiger partial charge in [0.15, 0.2) is 5.78 Å². The minimum Gasteiger partial charge on any atom is -0.496 e. The number of carbonyl (C=O) groups excluding carboxylic acids is 1. The van der Waals surface area contributed by atoms with E-state index in [4.69, 9.17) is 4.74 Å². The van der Waals surface area contributed by atoms with Gasteiger partial charge in [0.1, 0.15) is 5.75 Å². The molecule has 94 valence electrons. The third kappa shape index (κ3) is 2.44. The fourth-order valence-electron chi connectivity index (χ4n) is 1.82. The van der Waals surface area contributed by atoms with Crippen LogP contribution < -0.4 is 4.74 Å². The molecule has 0 unspecified atom stereocenters. The Morgan fingerprint density at radius 3 is 2.61 bits per heavy atom. The fraction of sp³-hybridized carbons (Fsp3) is 0.214. The van der Waals surface area contributed by atoms with Crippen LogP contribution in [0.15, 0.2) is 23.6 Å². The molecule has 0 aliphatic rings. The van der Waals surface area contributed by atoms with Gasteiger partial charge in [-0.3, -0.25) is 4.79 Å². The van der Waals surface area contributed by atoms with Gasteiger partial charge in [0.05, 0.1) is 15.6 Å². The lowest BCUT2D eigenvalue weighted by Crippen LogP contribution is -2.05. The van der Waals surface area contributed by atoms with E-state index in [1.54, 1.807) is 18.4 Å². The predicted octanol–water partition coefficient (Wildman–Crippen LogP) is 4.21. The molecule has 0 radical (unpaired) electrons. The molecule has 1 heterocycles. The summed E-state index contributed by atoms with van der Waals surface area (Å²) in [6.07, 6.45) is 0. The number of benzene rings is 1. The Balaban J connectivity index is 2.51. The smallest absolute Gasteiger partial charge is 0.197 e. The summed E-state index contributed by atoms with van der Waals surface area (Å²) >= 11 is 3.79. The molecule has 0 bridgehead atoms. The maximum Gasteiger partial charge on any atom is 0.197 e. The van der Waals surface area contributed by atoms with Gasteiger partial charge in [-0.05, 0) is 59.7 Å². The maximum atomic E-state index is 12.4. The second-order valence-corrected chi connectivity index (χ2v) is 6.86. The summed E-state index contributed by atoms with van der Waals surface area (Å²) in [6.45, 7) is 3.99. The van der Waals surface area contributed by atoms with Crippen molar-refractivity contribution in [2.45, 2.75) is 13.8 Å². The molecule has 0 spiro atoms. The molecule has 4 heteroatoms. The van der Waals surface area contributed by atoms with E-state index in [1.165, 1.54) is 0 Å². The number of halogens is 1. The summed E-state index contributed by atoms with van der Waals surface area (Å²) in [6, 6.07) is 5.71. The van der Waals surface area contributed by atoms with Crippen molar-refractivity contribution in [2.75, 3.05) is 7.11 Å². The number of hydrogen-bond acceptors (Lipinski definition) is 3. The van der Waals surface area contributed by atoms with Crippen molar-refractivity contribution in [3.05, 3.63) is 48.7 Å². The average Bonchev–Trinajstić information content (AvgIpc) is 2.78. The van der Waals surface area contributed by atoms with Crippen LogP contribution >= 0.6 is 33.9 Å². The van der Waals surface area contributed by atoms with E-state index in [9.17, 15) is 4.79 Å². The Bertz CT molecular complexity index is 602. The summed E-state index contributed by atoms with van der Waals surface area (Å²) in [4.78, 5) is 12.4. The largest absolute Gasteiger partial charge is 0.496 e. The van der Waals surface area contributed by atoms with Gasteiger partial charge < -0.3 is 4.74 Å². The number of rotatable bonds is 3. The van der Waals surface area contributed by atoms with Gasteiger partial charge >= 0.3 is 0 Å². The molecule has 1 aromatic carbocycles. The van der Waals surface area contributed by atoms with Crippen molar-refractivity contribution in [3.63, 3.8) is 0 Å². The summed E-state index contributed by atoms with van der Waals surface area (Å²) < 4.78 is 6.50. The first-order chi connectivity index (χ1) is 8.54. The number of ketones is 1. The zero-order valence-corrected chi connectivity index (χ0v) is 13.4. The second-order valence-electron chi connectivity index (χ2n) is 4.06. The van der Waals surface area contributed by atoms with Crippen LogP contribution in [0.1, 0.15) is 27.0 Å². The lowest BCUT2D eigenvalue weighted by atomic mass is 9.99. The van der Waals surface area contributed by atoms with Gasteiger partial charge in [-0.25, -0.2) is 0 Å². The number of hydrogen-bond donors (Lipinski definition) is 0. The molecule has 0 saturated carbocycles. The zero-order valence-electron chi connectivity index (χ0n) is 10.4. The molecule has 2 rings (SSSR count). The number of methoxy groups -OCH3 is 1. The van der Waals surface area contributed by atoms with Crippen LogP contribution in [0.3, 0.4) is 0 Å². The van der Waals surface area contributed by atoms with Gasteiger partial charge in [0, 0.05) is 10.9 Å². The Morgan fingerprint density at radius 1 is 1.33 bits per heavy atom. The minimum atomic E-state index is 0.0223. The molecule has 0 aliphatic heterocycles. The van der Waals surface area contributed by atoms with Crippen molar-refractivity contribution < 1.29 is 9.53 Å². The van der Waals surface area contributed by atoms with Crippen LogP contribution in [-0.4, -0.2) is 12.9 Å².